The quantitative estimate of drug-likeness (QED) is 0.723. The fourth-order valence-corrected chi connectivity index (χ4v) is 2.29. The smallest absolute Gasteiger partial charge is 0.0474 e. The molecule has 78 valence electrons. The summed E-state index contributed by atoms with van der Waals surface area (Å²) in [4.78, 5) is 0. The van der Waals surface area contributed by atoms with Gasteiger partial charge < -0.3 is 9.88 Å². The second-order valence-corrected chi connectivity index (χ2v) is 4.52. The molecule has 2 atom stereocenters. The standard InChI is InChI=1S/C12H20N2/c1-10-5-6-11(13-8-7-10)12-4-3-9-14(12)2/h3-4,9-11,13H,5-8H2,1-2H3. The van der Waals surface area contributed by atoms with Crippen LogP contribution in [0.15, 0.2) is 18.3 Å². The summed E-state index contributed by atoms with van der Waals surface area (Å²) in [6.45, 7) is 3.52. The van der Waals surface area contributed by atoms with E-state index >= 15 is 0 Å². The number of nitrogens with one attached hydrogen (secondary N) is 1. The Bertz CT molecular complexity index is 290. The number of aryl methyl sites for hydroxylation is 1. The molecule has 2 heterocycles. The summed E-state index contributed by atoms with van der Waals surface area (Å²) in [5, 5.41) is 3.63. The van der Waals surface area contributed by atoms with Crippen molar-refractivity contribution >= 4 is 0 Å². The van der Waals surface area contributed by atoms with Crippen LogP contribution in [0.1, 0.15) is 37.9 Å². The van der Waals surface area contributed by atoms with E-state index in [4.69, 9.17) is 0 Å². The number of hydrogen-bond acceptors (Lipinski definition) is 1. The summed E-state index contributed by atoms with van der Waals surface area (Å²) >= 11 is 0. The largest absolute Gasteiger partial charge is 0.353 e. The van der Waals surface area contributed by atoms with Gasteiger partial charge in [0.15, 0.2) is 0 Å². The molecule has 0 aromatic carbocycles. The summed E-state index contributed by atoms with van der Waals surface area (Å²) in [5.74, 6) is 0.882. The molecule has 2 rings (SSSR count). The van der Waals surface area contributed by atoms with Crippen molar-refractivity contribution in [2.24, 2.45) is 13.0 Å². The summed E-state index contributed by atoms with van der Waals surface area (Å²) < 4.78 is 2.23. The molecule has 1 N–H and O–H groups in total. The van der Waals surface area contributed by atoms with Gasteiger partial charge in [-0.1, -0.05) is 6.92 Å². The fourth-order valence-electron chi connectivity index (χ4n) is 2.29. The van der Waals surface area contributed by atoms with Gasteiger partial charge in [0, 0.05) is 25.0 Å². The molecule has 14 heavy (non-hydrogen) atoms. The van der Waals surface area contributed by atoms with Gasteiger partial charge in [-0.2, -0.15) is 0 Å². The predicted octanol–water partition coefficient (Wildman–Crippen LogP) is 2.48. The maximum atomic E-state index is 3.63. The highest BCUT2D eigenvalue weighted by Gasteiger charge is 2.18. The lowest BCUT2D eigenvalue weighted by Gasteiger charge is -2.16. The third kappa shape index (κ3) is 2.01. The molecule has 1 aliphatic heterocycles. The van der Waals surface area contributed by atoms with E-state index in [-0.39, 0.29) is 0 Å². The summed E-state index contributed by atoms with van der Waals surface area (Å²) in [6, 6.07) is 4.93. The Morgan fingerprint density at radius 1 is 1.36 bits per heavy atom. The van der Waals surface area contributed by atoms with Gasteiger partial charge in [0.25, 0.3) is 0 Å². The van der Waals surface area contributed by atoms with Gasteiger partial charge in [0.05, 0.1) is 0 Å². The molecule has 1 saturated heterocycles. The zero-order valence-corrected chi connectivity index (χ0v) is 9.16. The van der Waals surface area contributed by atoms with Crippen molar-refractivity contribution in [1.82, 2.24) is 9.88 Å². The fraction of sp³-hybridized carbons (Fsp3) is 0.667. The molecule has 1 aromatic heterocycles. The Balaban J connectivity index is 2.08. The summed E-state index contributed by atoms with van der Waals surface area (Å²) in [5.41, 5.74) is 1.43. The van der Waals surface area contributed by atoms with Crippen LogP contribution >= 0.6 is 0 Å². The number of rotatable bonds is 1. The third-order valence-electron chi connectivity index (χ3n) is 3.32. The van der Waals surface area contributed by atoms with Gasteiger partial charge in [-0.25, -0.2) is 0 Å². The van der Waals surface area contributed by atoms with Crippen molar-refractivity contribution in [3.05, 3.63) is 24.0 Å². The zero-order chi connectivity index (χ0) is 9.97. The van der Waals surface area contributed by atoms with Crippen molar-refractivity contribution in [2.75, 3.05) is 6.54 Å². The van der Waals surface area contributed by atoms with Gasteiger partial charge in [-0.15, -0.1) is 0 Å². The van der Waals surface area contributed by atoms with Gasteiger partial charge >= 0.3 is 0 Å². The van der Waals surface area contributed by atoms with Crippen molar-refractivity contribution in [1.29, 1.82) is 0 Å². The van der Waals surface area contributed by atoms with Crippen molar-refractivity contribution in [3.8, 4) is 0 Å². The minimum Gasteiger partial charge on any atom is -0.353 e. The highest BCUT2D eigenvalue weighted by atomic mass is 15.0. The van der Waals surface area contributed by atoms with Crippen LogP contribution in [0, 0.1) is 5.92 Å². The van der Waals surface area contributed by atoms with Crippen LogP contribution in [0.2, 0.25) is 0 Å². The molecule has 0 bridgehead atoms. The Kier molecular flexibility index (Phi) is 2.92. The van der Waals surface area contributed by atoms with Crippen LogP contribution in [-0.2, 0) is 7.05 Å². The minimum atomic E-state index is 0.569. The molecule has 2 heteroatoms. The second-order valence-electron chi connectivity index (χ2n) is 4.52. The molecular weight excluding hydrogens is 172 g/mol. The lowest BCUT2D eigenvalue weighted by molar-refractivity contribution is 0.488. The first kappa shape index (κ1) is 9.78. The van der Waals surface area contributed by atoms with Gasteiger partial charge in [-0.3, -0.25) is 0 Å². The van der Waals surface area contributed by atoms with Crippen LogP contribution in [-0.4, -0.2) is 11.1 Å². The topological polar surface area (TPSA) is 17.0 Å². The van der Waals surface area contributed by atoms with E-state index in [9.17, 15) is 0 Å². The molecule has 1 aliphatic rings. The third-order valence-corrected chi connectivity index (χ3v) is 3.32. The number of nitrogens with zero attached hydrogens (tertiary/aromatic N) is 1. The molecule has 2 unspecified atom stereocenters. The molecule has 0 radical (unpaired) electrons. The monoisotopic (exact) mass is 192 g/mol. The lowest BCUT2D eigenvalue weighted by Crippen LogP contribution is -2.22. The van der Waals surface area contributed by atoms with Crippen molar-refractivity contribution in [3.63, 3.8) is 0 Å². The first-order chi connectivity index (χ1) is 6.77. The minimum absolute atomic E-state index is 0.569. The molecular formula is C12H20N2. The Morgan fingerprint density at radius 2 is 2.21 bits per heavy atom. The second kappa shape index (κ2) is 4.18. The number of aromatic nitrogens is 1. The first-order valence-corrected chi connectivity index (χ1v) is 5.62. The average molecular weight is 192 g/mol. The van der Waals surface area contributed by atoms with E-state index in [1.54, 1.807) is 0 Å². The van der Waals surface area contributed by atoms with Gasteiger partial charge in [0.1, 0.15) is 0 Å². The summed E-state index contributed by atoms with van der Waals surface area (Å²) in [7, 11) is 2.13. The molecule has 2 nitrogen and oxygen atoms in total. The van der Waals surface area contributed by atoms with Crippen molar-refractivity contribution in [2.45, 2.75) is 32.2 Å². The molecule has 1 fully saturated rings. The molecule has 0 amide bonds. The van der Waals surface area contributed by atoms with E-state index in [2.05, 4.69) is 42.2 Å². The van der Waals surface area contributed by atoms with Gasteiger partial charge in [0.2, 0.25) is 0 Å². The van der Waals surface area contributed by atoms with Gasteiger partial charge in [-0.05, 0) is 43.9 Å². The highest BCUT2D eigenvalue weighted by Crippen LogP contribution is 2.25. The van der Waals surface area contributed by atoms with Crippen molar-refractivity contribution < 1.29 is 0 Å². The first-order valence-electron chi connectivity index (χ1n) is 5.62. The Morgan fingerprint density at radius 3 is 2.93 bits per heavy atom. The predicted molar refractivity (Wildman–Crippen MR) is 59.2 cm³/mol. The molecule has 0 aliphatic carbocycles. The zero-order valence-electron chi connectivity index (χ0n) is 9.16. The van der Waals surface area contributed by atoms with Crippen LogP contribution in [0.25, 0.3) is 0 Å². The van der Waals surface area contributed by atoms with E-state index in [1.165, 1.54) is 25.0 Å². The summed E-state index contributed by atoms with van der Waals surface area (Å²) in [6.07, 6.45) is 6.08. The molecule has 1 aromatic rings. The van der Waals surface area contributed by atoms with E-state index in [0.29, 0.717) is 6.04 Å². The normalized spacial score (nSPS) is 28.7. The SMILES string of the molecule is CC1CCNC(c2cccn2C)CC1. The maximum absolute atomic E-state index is 3.63. The van der Waals surface area contributed by atoms with Crippen LogP contribution in [0.5, 0.6) is 0 Å². The van der Waals surface area contributed by atoms with Crippen LogP contribution < -0.4 is 5.32 Å². The molecule has 0 spiro atoms. The van der Waals surface area contributed by atoms with E-state index < -0.39 is 0 Å². The lowest BCUT2D eigenvalue weighted by atomic mass is 10.0. The van der Waals surface area contributed by atoms with Crippen LogP contribution in [0.3, 0.4) is 0 Å². The Labute approximate surface area is 86.3 Å². The van der Waals surface area contributed by atoms with Crippen LogP contribution in [0.4, 0.5) is 0 Å². The average Bonchev–Trinajstić information content (AvgIpc) is 2.46. The highest BCUT2D eigenvalue weighted by molar-refractivity contribution is 5.11. The van der Waals surface area contributed by atoms with E-state index in [1.807, 2.05) is 0 Å². The van der Waals surface area contributed by atoms with E-state index in [0.717, 1.165) is 12.5 Å². The number of hydrogen-bond donors (Lipinski definition) is 1. The molecule has 0 saturated carbocycles. The Hall–Kier alpha value is -0.760. The maximum Gasteiger partial charge on any atom is 0.0474 e.